The number of thioether (sulfide) groups is 1. The van der Waals surface area contributed by atoms with Crippen molar-refractivity contribution in [2.24, 2.45) is 0 Å². The fourth-order valence-corrected chi connectivity index (χ4v) is 1.73. The highest BCUT2D eigenvalue weighted by atomic mass is 32.2. The molecule has 0 unspecified atom stereocenters. The molecular formula is C11H19N5S. The first-order chi connectivity index (χ1) is 8.31. The van der Waals surface area contributed by atoms with E-state index in [1.165, 1.54) is 19.3 Å². The van der Waals surface area contributed by atoms with Gasteiger partial charge in [-0.15, -0.1) is 0 Å². The Morgan fingerprint density at radius 3 is 2.65 bits per heavy atom. The van der Waals surface area contributed by atoms with Crippen LogP contribution >= 0.6 is 11.8 Å². The predicted octanol–water partition coefficient (Wildman–Crippen LogP) is 2.38. The van der Waals surface area contributed by atoms with Gasteiger partial charge in [-0.25, -0.2) is 0 Å². The number of aromatic nitrogens is 3. The van der Waals surface area contributed by atoms with Crippen molar-refractivity contribution in [1.29, 1.82) is 0 Å². The molecule has 1 aliphatic rings. The Bertz CT molecular complexity index is 367. The van der Waals surface area contributed by atoms with Gasteiger partial charge in [0.15, 0.2) is 5.16 Å². The highest BCUT2D eigenvalue weighted by Crippen LogP contribution is 2.24. The Kier molecular flexibility index (Phi) is 4.42. The minimum absolute atomic E-state index is 0.565. The Morgan fingerprint density at radius 2 is 2.00 bits per heavy atom. The average Bonchev–Trinajstić information content (AvgIpc) is 3.13. The van der Waals surface area contributed by atoms with E-state index >= 15 is 0 Å². The molecule has 1 aromatic heterocycles. The number of nitrogens with zero attached hydrogens (tertiary/aromatic N) is 3. The third-order valence-corrected chi connectivity index (χ3v) is 3.07. The zero-order chi connectivity index (χ0) is 12.1. The molecule has 2 rings (SSSR count). The number of unbranched alkanes of at least 4 members (excludes halogenated alkanes) is 1. The summed E-state index contributed by atoms with van der Waals surface area (Å²) in [5.74, 6) is 1.38. The number of rotatable bonds is 7. The molecule has 1 heterocycles. The van der Waals surface area contributed by atoms with Crippen LogP contribution in [0.4, 0.5) is 11.9 Å². The van der Waals surface area contributed by atoms with Crippen LogP contribution in [0.2, 0.25) is 0 Å². The number of hydrogen-bond donors (Lipinski definition) is 2. The third-order valence-electron chi connectivity index (χ3n) is 2.52. The fourth-order valence-electron chi connectivity index (χ4n) is 1.38. The Hall–Kier alpha value is -1.04. The smallest absolute Gasteiger partial charge is 0.228 e. The number of anilines is 2. The molecule has 94 valence electrons. The zero-order valence-corrected chi connectivity index (χ0v) is 11.2. The molecule has 1 fully saturated rings. The largest absolute Gasteiger partial charge is 0.354 e. The van der Waals surface area contributed by atoms with Crippen molar-refractivity contribution in [2.45, 2.75) is 43.8 Å². The predicted molar refractivity (Wildman–Crippen MR) is 71.7 cm³/mol. The van der Waals surface area contributed by atoms with Gasteiger partial charge in [0.05, 0.1) is 0 Å². The SMILES string of the molecule is CCCCNc1nc(NC2CC2)nc(SC)n1. The maximum Gasteiger partial charge on any atom is 0.228 e. The topological polar surface area (TPSA) is 62.7 Å². The quantitative estimate of drug-likeness (QED) is 0.574. The van der Waals surface area contributed by atoms with Crippen molar-refractivity contribution >= 4 is 23.7 Å². The van der Waals surface area contributed by atoms with Gasteiger partial charge in [0.1, 0.15) is 0 Å². The van der Waals surface area contributed by atoms with Crippen LogP contribution < -0.4 is 10.6 Å². The Balaban J connectivity index is 2.01. The Morgan fingerprint density at radius 1 is 1.24 bits per heavy atom. The van der Waals surface area contributed by atoms with E-state index in [1.54, 1.807) is 11.8 Å². The summed E-state index contributed by atoms with van der Waals surface area (Å²) in [6.45, 7) is 3.08. The van der Waals surface area contributed by atoms with Gasteiger partial charge in [0.25, 0.3) is 0 Å². The lowest BCUT2D eigenvalue weighted by Gasteiger charge is -2.08. The molecule has 0 radical (unpaired) electrons. The summed E-state index contributed by atoms with van der Waals surface area (Å²) in [6, 6.07) is 0.565. The summed E-state index contributed by atoms with van der Waals surface area (Å²) in [6.07, 6.45) is 6.72. The molecule has 1 aromatic rings. The van der Waals surface area contributed by atoms with E-state index in [1.807, 2.05) is 6.26 Å². The molecule has 2 N–H and O–H groups in total. The molecule has 1 saturated carbocycles. The fraction of sp³-hybridized carbons (Fsp3) is 0.727. The van der Waals surface area contributed by atoms with Gasteiger partial charge in [0.2, 0.25) is 11.9 Å². The second-order valence-electron chi connectivity index (χ2n) is 4.17. The van der Waals surface area contributed by atoms with Crippen molar-refractivity contribution in [3.8, 4) is 0 Å². The van der Waals surface area contributed by atoms with E-state index in [0.717, 1.165) is 18.1 Å². The van der Waals surface area contributed by atoms with Crippen LogP contribution in [0.5, 0.6) is 0 Å². The lowest BCUT2D eigenvalue weighted by molar-refractivity contribution is 0.813. The lowest BCUT2D eigenvalue weighted by Crippen LogP contribution is -2.11. The van der Waals surface area contributed by atoms with Gasteiger partial charge >= 0.3 is 0 Å². The molecule has 0 atom stereocenters. The lowest BCUT2D eigenvalue weighted by atomic mass is 10.3. The van der Waals surface area contributed by atoms with E-state index in [0.29, 0.717) is 17.9 Å². The molecule has 0 amide bonds. The monoisotopic (exact) mass is 253 g/mol. The van der Waals surface area contributed by atoms with Crippen molar-refractivity contribution in [2.75, 3.05) is 23.4 Å². The van der Waals surface area contributed by atoms with Gasteiger partial charge in [-0.3, -0.25) is 0 Å². The van der Waals surface area contributed by atoms with E-state index in [4.69, 9.17) is 0 Å². The molecule has 1 aliphatic carbocycles. The third kappa shape index (κ3) is 4.03. The average molecular weight is 253 g/mol. The first kappa shape index (κ1) is 12.4. The molecule has 0 aromatic carbocycles. The van der Waals surface area contributed by atoms with Crippen molar-refractivity contribution < 1.29 is 0 Å². The summed E-state index contributed by atoms with van der Waals surface area (Å²) in [4.78, 5) is 13.1. The van der Waals surface area contributed by atoms with E-state index in [2.05, 4.69) is 32.5 Å². The van der Waals surface area contributed by atoms with Gasteiger partial charge in [-0.2, -0.15) is 15.0 Å². The van der Waals surface area contributed by atoms with Crippen molar-refractivity contribution in [3.05, 3.63) is 0 Å². The summed E-state index contributed by atoms with van der Waals surface area (Å²) >= 11 is 1.54. The summed E-state index contributed by atoms with van der Waals surface area (Å²) < 4.78 is 0. The van der Waals surface area contributed by atoms with Crippen LogP contribution in [0.15, 0.2) is 5.16 Å². The maximum atomic E-state index is 4.38. The molecule has 0 saturated heterocycles. The van der Waals surface area contributed by atoms with Crippen LogP contribution in [-0.4, -0.2) is 33.8 Å². The minimum atomic E-state index is 0.565. The molecule has 0 bridgehead atoms. The van der Waals surface area contributed by atoms with Crippen molar-refractivity contribution in [3.63, 3.8) is 0 Å². The van der Waals surface area contributed by atoms with Gasteiger partial charge < -0.3 is 10.6 Å². The number of hydrogen-bond acceptors (Lipinski definition) is 6. The standard InChI is InChI=1S/C11H19N5S/c1-3-4-7-12-9-14-10(13-8-5-6-8)16-11(15-9)17-2/h8H,3-7H2,1-2H3,(H2,12,13,14,15,16). The molecular weight excluding hydrogens is 234 g/mol. The van der Waals surface area contributed by atoms with Crippen LogP contribution in [0.3, 0.4) is 0 Å². The summed E-state index contributed by atoms with van der Waals surface area (Å²) in [5.41, 5.74) is 0. The minimum Gasteiger partial charge on any atom is -0.354 e. The van der Waals surface area contributed by atoms with Crippen LogP contribution in [0.1, 0.15) is 32.6 Å². The van der Waals surface area contributed by atoms with Gasteiger partial charge in [-0.1, -0.05) is 25.1 Å². The summed E-state index contributed by atoms with van der Waals surface area (Å²) in [7, 11) is 0. The van der Waals surface area contributed by atoms with Crippen LogP contribution in [-0.2, 0) is 0 Å². The maximum absolute atomic E-state index is 4.38. The van der Waals surface area contributed by atoms with Gasteiger partial charge in [0, 0.05) is 12.6 Å². The second-order valence-corrected chi connectivity index (χ2v) is 4.94. The molecule has 17 heavy (non-hydrogen) atoms. The first-order valence-corrected chi connectivity index (χ1v) is 7.34. The highest BCUT2D eigenvalue weighted by Gasteiger charge is 2.22. The first-order valence-electron chi connectivity index (χ1n) is 6.12. The molecule has 6 heteroatoms. The molecule has 0 aliphatic heterocycles. The molecule has 0 spiro atoms. The van der Waals surface area contributed by atoms with E-state index < -0.39 is 0 Å². The normalized spacial score (nSPS) is 14.7. The van der Waals surface area contributed by atoms with Crippen LogP contribution in [0, 0.1) is 0 Å². The molecule has 5 nitrogen and oxygen atoms in total. The zero-order valence-electron chi connectivity index (χ0n) is 10.4. The van der Waals surface area contributed by atoms with Crippen LogP contribution in [0.25, 0.3) is 0 Å². The summed E-state index contributed by atoms with van der Waals surface area (Å²) in [5, 5.41) is 7.31. The van der Waals surface area contributed by atoms with E-state index in [9.17, 15) is 0 Å². The second kappa shape index (κ2) is 6.05. The van der Waals surface area contributed by atoms with Gasteiger partial charge in [-0.05, 0) is 25.5 Å². The van der Waals surface area contributed by atoms with E-state index in [-0.39, 0.29) is 0 Å². The van der Waals surface area contributed by atoms with Crippen molar-refractivity contribution in [1.82, 2.24) is 15.0 Å². The highest BCUT2D eigenvalue weighted by molar-refractivity contribution is 7.98. The number of nitrogens with one attached hydrogen (secondary N) is 2. The Labute approximate surface area is 106 Å².